The summed E-state index contributed by atoms with van der Waals surface area (Å²) in [5.41, 5.74) is -0.316. The Labute approximate surface area is 171 Å². The maximum atomic E-state index is 12.6. The van der Waals surface area contributed by atoms with E-state index in [9.17, 15) is 23.1 Å². The summed E-state index contributed by atoms with van der Waals surface area (Å²) in [4.78, 5) is 16.6. The highest BCUT2D eigenvalue weighted by molar-refractivity contribution is 6.36. The van der Waals surface area contributed by atoms with Gasteiger partial charge < -0.3 is 15.2 Å². The number of hydrogen-bond acceptors (Lipinski definition) is 4. The van der Waals surface area contributed by atoms with Gasteiger partial charge >= 0.3 is 6.36 Å². The van der Waals surface area contributed by atoms with Gasteiger partial charge in [0.1, 0.15) is 10.8 Å². The SMILES string of the molecule is CC(C)(O)[C@H]1CC[C@H](NC(=O)c2cnc3c(Cl)c(OC(F)(F)F)ccc3c2)CC1. The number of halogens is 4. The number of rotatable bonds is 4. The van der Waals surface area contributed by atoms with E-state index in [4.69, 9.17) is 11.6 Å². The minimum Gasteiger partial charge on any atom is -0.404 e. The summed E-state index contributed by atoms with van der Waals surface area (Å²) in [6, 6.07) is 4.01. The lowest BCUT2D eigenvalue weighted by atomic mass is 9.77. The van der Waals surface area contributed by atoms with Gasteiger partial charge in [-0.2, -0.15) is 0 Å². The molecule has 3 rings (SSSR count). The first-order valence-corrected chi connectivity index (χ1v) is 9.69. The second-order valence-electron chi connectivity index (χ2n) is 7.90. The molecule has 5 nitrogen and oxygen atoms in total. The van der Waals surface area contributed by atoms with Crippen molar-refractivity contribution in [2.75, 3.05) is 0 Å². The summed E-state index contributed by atoms with van der Waals surface area (Å²) in [5, 5.41) is 13.2. The molecule has 1 aromatic heterocycles. The molecule has 1 saturated carbocycles. The molecule has 1 aromatic carbocycles. The van der Waals surface area contributed by atoms with Crippen molar-refractivity contribution in [2.24, 2.45) is 5.92 Å². The minimum absolute atomic E-state index is 0.00273. The lowest BCUT2D eigenvalue weighted by molar-refractivity contribution is -0.274. The van der Waals surface area contributed by atoms with Gasteiger partial charge in [-0.25, -0.2) is 0 Å². The Kier molecular flexibility index (Phi) is 5.96. The zero-order valence-electron chi connectivity index (χ0n) is 16.0. The largest absolute Gasteiger partial charge is 0.573 e. The number of fused-ring (bicyclic) bond motifs is 1. The second kappa shape index (κ2) is 7.99. The van der Waals surface area contributed by atoms with Crippen LogP contribution in [0, 0.1) is 5.92 Å². The number of alkyl halides is 3. The number of hydrogen-bond donors (Lipinski definition) is 2. The third-order valence-electron chi connectivity index (χ3n) is 5.31. The van der Waals surface area contributed by atoms with Gasteiger partial charge in [-0.05, 0) is 63.6 Å². The molecule has 0 radical (unpaired) electrons. The lowest BCUT2D eigenvalue weighted by Gasteiger charge is -2.36. The quantitative estimate of drug-likeness (QED) is 0.727. The Balaban J connectivity index is 1.70. The first-order valence-electron chi connectivity index (χ1n) is 9.31. The van der Waals surface area contributed by atoms with Crippen LogP contribution in [0.3, 0.4) is 0 Å². The summed E-state index contributed by atoms with van der Waals surface area (Å²) < 4.78 is 41.2. The molecule has 2 aromatic rings. The third-order valence-corrected chi connectivity index (χ3v) is 5.67. The van der Waals surface area contributed by atoms with E-state index in [1.807, 2.05) is 0 Å². The molecular weight excluding hydrogens is 409 g/mol. The van der Waals surface area contributed by atoms with E-state index in [2.05, 4.69) is 15.0 Å². The summed E-state index contributed by atoms with van der Waals surface area (Å²) in [6.45, 7) is 3.60. The van der Waals surface area contributed by atoms with Crippen LogP contribution in [0.4, 0.5) is 13.2 Å². The average Bonchev–Trinajstić information content (AvgIpc) is 2.62. The van der Waals surface area contributed by atoms with Crippen molar-refractivity contribution in [1.82, 2.24) is 10.3 Å². The first kappa shape index (κ1) is 21.6. The Bertz CT molecular complexity index is 904. The van der Waals surface area contributed by atoms with Crippen LogP contribution in [-0.4, -0.2) is 34.0 Å². The number of benzene rings is 1. The van der Waals surface area contributed by atoms with Gasteiger partial charge in [0, 0.05) is 17.6 Å². The van der Waals surface area contributed by atoms with E-state index in [1.54, 1.807) is 13.8 Å². The van der Waals surface area contributed by atoms with E-state index in [-0.39, 0.29) is 28.4 Å². The highest BCUT2D eigenvalue weighted by Gasteiger charge is 2.33. The Morgan fingerprint density at radius 1 is 1.24 bits per heavy atom. The van der Waals surface area contributed by atoms with Crippen LogP contribution < -0.4 is 10.1 Å². The van der Waals surface area contributed by atoms with Crippen molar-refractivity contribution in [3.05, 3.63) is 35.0 Å². The van der Waals surface area contributed by atoms with Crippen LogP contribution in [0.1, 0.15) is 49.9 Å². The topological polar surface area (TPSA) is 71.5 Å². The van der Waals surface area contributed by atoms with Crippen LogP contribution in [0.15, 0.2) is 24.4 Å². The zero-order valence-corrected chi connectivity index (χ0v) is 16.8. The molecule has 1 aliphatic carbocycles. The van der Waals surface area contributed by atoms with E-state index in [1.165, 1.54) is 18.3 Å². The third kappa shape index (κ3) is 5.30. The van der Waals surface area contributed by atoms with Crippen LogP contribution in [0.5, 0.6) is 5.75 Å². The van der Waals surface area contributed by atoms with Gasteiger partial charge in [-0.3, -0.25) is 9.78 Å². The molecule has 1 heterocycles. The molecule has 0 aliphatic heterocycles. The molecule has 29 heavy (non-hydrogen) atoms. The molecule has 0 spiro atoms. The molecular formula is C20H22ClF3N2O3. The molecule has 0 unspecified atom stereocenters. The van der Waals surface area contributed by atoms with Crippen LogP contribution >= 0.6 is 11.6 Å². The van der Waals surface area contributed by atoms with E-state index >= 15 is 0 Å². The van der Waals surface area contributed by atoms with Crippen LogP contribution in [0.25, 0.3) is 10.9 Å². The molecule has 1 amide bonds. The normalized spacial score (nSPS) is 20.5. The standard InChI is InChI=1S/C20H22ClF3N2O3/c1-19(2,28)13-4-6-14(7-5-13)26-18(27)12-9-11-3-8-15(29-20(22,23)24)16(21)17(11)25-10-12/h3,8-10,13-14,28H,4-7H2,1-2H3,(H,26,27)/t13-,14-. The van der Waals surface area contributed by atoms with Crippen molar-refractivity contribution >= 4 is 28.4 Å². The van der Waals surface area contributed by atoms with Crippen molar-refractivity contribution in [2.45, 2.75) is 57.5 Å². The minimum atomic E-state index is -4.86. The van der Waals surface area contributed by atoms with Crippen LogP contribution in [-0.2, 0) is 0 Å². The summed E-state index contributed by atoms with van der Waals surface area (Å²) in [5.74, 6) is -0.647. The highest BCUT2D eigenvalue weighted by Crippen LogP contribution is 2.35. The van der Waals surface area contributed by atoms with Gasteiger partial charge in [0.25, 0.3) is 5.91 Å². The number of carbonyl (C=O) groups is 1. The van der Waals surface area contributed by atoms with Gasteiger partial charge in [0.05, 0.1) is 16.7 Å². The molecule has 0 atom stereocenters. The number of ether oxygens (including phenoxy) is 1. The van der Waals surface area contributed by atoms with Gasteiger partial charge in [-0.1, -0.05) is 11.6 Å². The van der Waals surface area contributed by atoms with Crippen molar-refractivity contribution in [3.63, 3.8) is 0 Å². The van der Waals surface area contributed by atoms with E-state index in [0.717, 1.165) is 31.7 Å². The summed E-state index contributed by atoms with van der Waals surface area (Å²) >= 11 is 5.98. The maximum Gasteiger partial charge on any atom is 0.573 e. The smallest absolute Gasteiger partial charge is 0.404 e. The Morgan fingerprint density at radius 2 is 1.90 bits per heavy atom. The lowest BCUT2D eigenvalue weighted by Crippen LogP contribution is -2.41. The number of amides is 1. The Hall–Kier alpha value is -2.06. The summed E-state index contributed by atoms with van der Waals surface area (Å²) in [6.07, 6.45) is -0.397. The number of nitrogens with zero attached hydrogens (tertiary/aromatic N) is 1. The van der Waals surface area contributed by atoms with Crippen molar-refractivity contribution < 1.29 is 27.8 Å². The predicted molar refractivity (Wildman–Crippen MR) is 103 cm³/mol. The maximum absolute atomic E-state index is 12.6. The molecule has 9 heteroatoms. The molecule has 1 fully saturated rings. The molecule has 1 aliphatic rings. The predicted octanol–water partition coefficient (Wildman–Crippen LogP) is 4.85. The Morgan fingerprint density at radius 3 is 2.48 bits per heavy atom. The fraction of sp³-hybridized carbons (Fsp3) is 0.500. The van der Waals surface area contributed by atoms with Gasteiger partial charge in [-0.15, -0.1) is 13.2 Å². The fourth-order valence-corrected chi connectivity index (χ4v) is 3.95. The number of nitrogens with one attached hydrogen (secondary N) is 1. The van der Waals surface area contributed by atoms with Gasteiger partial charge in [0.2, 0.25) is 0 Å². The number of carbonyl (C=O) groups excluding carboxylic acids is 1. The fourth-order valence-electron chi connectivity index (χ4n) is 3.69. The van der Waals surface area contributed by atoms with Crippen molar-refractivity contribution in [1.29, 1.82) is 0 Å². The molecule has 2 N–H and O–H groups in total. The molecule has 0 saturated heterocycles. The second-order valence-corrected chi connectivity index (χ2v) is 8.27. The number of pyridine rings is 1. The number of aromatic nitrogens is 1. The first-order chi connectivity index (χ1) is 13.4. The zero-order chi connectivity index (χ0) is 21.4. The molecule has 0 bridgehead atoms. The van der Waals surface area contributed by atoms with E-state index < -0.39 is 17.7 Å². The van der Waals surface area contributed by atoms with E-state index in [0.29, 0.717) is 10.9 Å². The summed E-state index contributed by atoms with van der Waals surface area (Å²) in [7, 11) is 0. The van der Waals surface area contributed by atoms with Crippen molar-refractivity contribution in [3.8, 4) is 5.75 Å². The van der Waals surface area contributed by atoms with Gasteiger partial charge in [0.15, 0.2) is 0 Å². The highest BCUT2D eigenvalue weighted by atomic mass is 35.5. The monoisotopic (exact) mass is 430 g/mol. The number of aliphatic hydroxyl groups is 1. The molecule has 158 valence electrons. The van der Waals surface area contributed by atoms with Crippen LogP contribution in [0.2, 0.25) is 5.02 Å². The average molecular weight is 431 g/mol.